The van der Waals surface area contributed by atoms with Gasteiger partial charge in [-0.2, -0.15) is 0 Å². The Morgan fingerprint density at radius 3 is 2.36 bits per heavy atom. The van der Waals surface area contributed by atoms with E-state index in [-0.39, 0.29) is 6.61 Å². The van der Waals surface area contributed by atoms with Gasteiger partial charge in [0.25, 0.3) is 0 Å². The van der Waals surface area contributed by atoms with E-state index in [0.717, 1.165) is 40.6 Å². The lowest BCUT2D eigenvalue weighted by Crippen LogP contribution is -2.29. The SMILES string of the molecule is C#CCOc1ccc2c(c1)C(c1ccc(C(C)C)cc1)=NCN2Cc1ccc(OCC)cc1. The van der Waals surface area contributed by atoms with Crippen LogP contribution in [0.25, 0.3) is 0 Å². The van der Waals surface area contributed by atoms with Crippen molar-refractivity contribution in [2.24, 2.45) is 4.99 Å². The molecule has 0 saturated heterocycles. The molecular weight excluding hydrogens is 408 g/mol. The van der Waals surface area contributed by atoms with Crippen LogP contribution < -0.4 is 14.4 Å². The Morgan fingerprint density at radius 2 is 1.70 bits per heavy atom. The number of nitrogens with zero attached hydrogens (tertiary/aromatic N) is 2. The van der Waals surface area contributed by atoms with E-state index in [1.807, 2.05) is 31.2 Å². The van der Waals surface area contributed by atoms with Crippen LogP contribution >= 0.6 is 0 Å². The number of hydrogen-bond acceptors (Lipinski definition) is 4. The molecule has 0 spiro atoms. The van der Waals surface area contributed by atoms with Crippen LogP contribution in [-0.4, -0.2) is 25.6 Å². The van der Waals surface area contributed by atoms with E-state index < -0.39 is 0 Å². The molecule has 4 nitrogen and oxygen atoms in total. The third kappa shape index (κ3) is 5.21. The first-order valence-electron chi connectivity index (χ1n) is 11.4. The summed E-state index contributed by atoms with van der Waals surface area (Å²) in [6, 6.07) is 23.1. The zero-order chi connectivity index (χ0) is 23.2. The minimum Gasteiger partial charge on any atom is -0.494 e. The van der Waals surface area contributed by atoms with E-state index in [1.165, 1.54) is 11.1 Å². The van der Waals surface area contributed by atoms with Crippen LogP contribution in [0.2, 0.25) is 0 Å². The topological polar surface area (TPSA) is 34.1 Å². The molecule has 0 radical (unpaired) electrons. The fourth-order valence-electron chi connectivity index (χ4n) is 4.00. The maximum Gasteiger partial charge on any atom is 0.148 e. The Balaban J connectivity index is 1.66. The molecule has 0 N–H and O–H groups in total. The molecule has 168 valence electrons. The molecule has 0 fully saturated rings. The van der Waals surface area contributed by atoms with Gasteiger partial charge in [-0.25, -0.2) is 0 Å². The predicted molar refractivity (Wildman–Crippen MR) is 136 cm³/mol. The van der Waals surface area contributed by atoms with E-state index in [0.29, 0.717) is 19.2 Å². The molecule has 4 rings (SSSR count). The van der Waals surface area contributed by atoms with Gasteiger partial charge in [0.1, 0.15) is 24.8 Å². The van der Waals surface area contributed by atoms with Gasteiger partial charge in [-0.3, -0.25) is 4.99 Å². The lowest BCUT2D eigenvalue weighted by molar-refractivity contribution is 0.340. The number of ether oxygens (including phenoxy) is 2. The highest BCUT2D eigenvalue weighted by molar-refractivity contribution is 6.17. The van der Waals surface area contributed by atoms with E-state index in [9.17, 15) is 0 Å². The second kappa shape index (κ2) is 10.3. The first-order chi connectivity index (χ1) is 16.1. The van der Waals surface area contributed by atoms with Crippen molar-refractivity contribution in [1.29, 1.82) is 0 Å². The number of fused-ring (bicyclic) bond motifs is 1. The van der Waals surface area contributed by atoms with Crippen molar-refractivity contribution in [3.8, 4) is 23.8 Å². The van der Waals surface area contributed by atoms with Gasteiger partial charge in [0.05, 0.1) is 12.3 Å². The predicted octanol–water partition coefficient (Wildman–Crippen LogP) is 6.04. The number of anilines is 1. The minimum absolute atomic E-state index is 0.240. The van der Waals surface area contributed by atoms with Crippen molar-refractivity contribution in [3.05, 3.63) is 89.0 Å². The van der Waals surface area contributed by atoms with Crippen molar-refractivity contribution in [2.45, 2.75) is 33.2 Å². The van der Waals surface area contributed by atoms with Crippen LogP contribution in [0.3, 0.4) is 0 Å². The third-order valence-electron chi connectivity index (χ3n) is 5.74. The highest BCUT2D eigenvalue weighted by atomic mass is 16.5. The average molecular weight is 439 g/mol. The van der Waals surface area contributed by atoms with Crippen LogP contribution in [0, 0.1) is 12.3 Å². The molecule has 0 aliphatic carbocycles. The van der Waals surface area contributed by atoms with Gasteiger partial charge in [-0.1, -0.05) is 56.2 Å². The molecule has 3 aromatic carbocycles. The summed E-state index contributed by atoms with van der Waals surface area (Å²) in [4.78, 5) is 7.26. The van der Waals surface area contributed by atoms with E-state index in [1.54, 1.807) is 0 Å². The van der Waals surface area contributed by atoms with Gasteiger partial charge in [0.2, 0.25) is 0 Å². The summed E-state index contributed by atoms with van der Waals surface area (Å²) in [7, 11) is 0. The van der Waals surface area contributed by atoms with Gasteiger partial charge < -0.3 is 14.4 Å². The Labute approximate surface area is 196 Å². The van der Waals surface area contributed by atoms with Crippen LogP contribution in [0.5, 0.6) is 11.5 Å². The lowest BCUT2D eigenvalue weighted by Gasteiger charge is -2.31. The molecule has 3 aromatic rings. The number of terminal acetylenes is 1. The molecule has 4 heteroatoms. The molecule has 0 bridgehead atoms. The summed E-state index contributed by atoms with van der Waals surface area (Å²) in [5, 5.41) is 0. The smallest absolute Gasteiger partial charge is 0.148 e. The van der Waals surface area contributed by atoms with Gasteiger partial charge in [-0.15, -0.1) is 6.42 Å². The standard InChI is InChI=1S/C29H30N2O2/c1-5-17-33-26-15-16-28-27(18-26)29(24-11-9-23(10-12-24)21(3)4)30-20-31(28)19-22-7-13-25(14-8-22)32-6-2/h1,7-16,18,21H,6,17,19-20H2,2-4H3. The lowest BCUT2D eigenvalue weighted by atomic mass is 9.95. The summed E-state index contributed by atoms with van der Waals surface area (Å²) in [5.41, 5.74) is 6.80. The second-order valence-corrected chi connectivity index (χ2v) is 8.37. The van der Waals surface area contributed by atoms with Crippen LogP contribution in [0.4, 0.5) is 5.69 Å². The number of rotatable bonds is 8. The van der Waals surface area contributed by atoms with Gasteiger partial charge >= 0.3 is 0 Å². The zero-order valence-electron chi connectivity index (χ0n) is 19.5. The van der Waals surface area contributed by atoms with Crippen LogP contribution in [0.1, 0.15) is 48.9 Å². The fraction of sp³-hybridized carbons (Fsp3) is 0.276. The summed E-state index contributed by atoms with van der Waals surface area (Å²) in [6.07, 6.45) is 5.39. The number of hydrogen-bond donors (Lipinski definition) is 0. The molecule has 0 saturated carbocycles. The largest absolute Gasteiger partial charge is 0.494 e. The van der Waals surface area contributed by atoms with Crippen molar-refractivity contribution in [3.63, 3.8) is 0 Å². The first kappa shape index (κ1) is 22.5. The van der Waals surface area contributed by atoms with Crippen molar-refractivity contribution < 1.29 is 9.47 Å². The Bertz CT molecular complexity index is 1160. The molecule has 0 unspecified atom stereocenters. The van der Waals surface area contributed by atoms with Crippen molar-refractivity contribution in [2.75, 3.05) is 24.8 Å². The van der Waals surface area contributed by atoms with Crippen LogP contribution in [0.15, 0.2) is 71.7 Å². The maximum atomic E-state index is 5.72. The molecule has 0 atom stereocenters. The highest BCUT2D eigenvalue weighted by Crippen LogP contribution is 2.33. The molecule has 33 heavy (non-hydrogen) atoms. The van der Waals surface area contributed by atoms with E-state index in [2.05, 4.69) is 67.1 Å². The second-order valence-electron chi connectivity index (χ2n) is 8.37. The Kier molecular flexibility index (Phi) is 7.00. The minimum atomic E-state index is 0.240. The molecule has 0 aromatic heterocycles. The van der Waals surface area contributed by atoms with Gasteiger partial charge in [0.15, 0.2) is 0 Å². The van der Waals surface area contributed by atoms with Crippen molar-refractivity contribution >= 4 is 11.4 Å². The summed E-state index contributed by atoms with van der Waals surface area (Å²) < 4.78 is 11.3. The molecule has 1 aliphatic rings. The third-order valence-corrected chi connectivity index (χ3v) is 5.74. The summed E-state index contributed by atoms with van der Waals surface area (Å²) in [5.74, 6) is 4.67. The summed E-state index contributed by atoms with van der Waals surface area (Å²) in [6.45, 7) is 8.65. The zero-order valence-corrected chi connectivity index (χ0v) is 19.5. The van der Waals surface area contributed by atoms with Gasteiger partial charge in [0, 0.05) is 23.4 Å². The Morgan fingerprint density at radius 1 is 0.970 bits per heavy atom. The Hall–Kier alpha value is -3.71. The molecular formula is C29H30N2O2. The van der Waals surface area contributed by atoms with E-state index in [4.69, 9.17) is 20.9 Å². The normalized spacial score (nSPS) is 12.7. The fourth-order valence-corrected chi connectivity index (χ4v) is 4.00. The quantitative estimate of drug-likeness (QED) is 0.402. The number of benzene rings is 3. The monoisotopic (exact) mass is 438 g/mol. The average Bonchev–Trinajstić information content (AvgIpc) is 2.84. The van der Waals surface area contributed by atoms with E-state index >= 15 is 0 Å². The summed E-state index contributed by atoms with van der Waals surface area (Å²) >= 11 is 0. The molecule has 1 heterocycles. The van der Waals surface area contributed by atoms with Gasteiger partial charge in [-0.05, 0) is 54.3 Å². The maximum absolute atomic E-state index is 5.72. The van der Waals surface area contributed by atoms with Crippen LogP contribution in [-0.2, 0) is 6.54 Å². The molecule has 0 amide bonds. The number of aliphatic imine (C=N–C) groups is 1. The molecule has 1 aliphatic heterocycles. The van der Waals surface area contributed by atoms with Crippen molar-refractivity contribution in [1.82, 2.24) is 0 Å². The highest BCUT2D eigenvalue weighted by Gasteiger charge is 2.22. The first-order valence-corrected chi connectivity index (χ1v) is 11.4.